The molecule has 0 fully saturated rings. The molecular weight excluding hydrogens is 300 g/mol. The lowest BCUT2D eigenvalue weighted by atomic mass is 10.1. The zero-order valence-electron chi connectivity index (χ0n) is 10.3. The first-order valence-electron chi connectivity index (χ1n) is 5.76. The second kappa shape index (κ2) is 6.02. The number of hydrogen-bond donors (Lipinski definition) is 3. The number of rotatable bonds is 6. The highest BCUT2D eigenvalue weighted by atomic mass is 32.1. The Morgan fingerprint density at radius 3 is 2.70 bits per heavy atom. The Labute approximate surface area is 122 Å². The van der Waals surface area contributed by atoms with Crippen molar-refractivity contribution in [3.8, 4) is 0 Å². The molecule has 6 nitrogen and oxygen atoms in total. The van der Waals surface area contributed by atoms with Crippen molar-refractivity contribution >= 4 is 49.9 Å². The van der Waals surface area contributed by atoms with Crippen LogP contribution in [0.5, 0.6) is 0 Å². The van der Waals surface area contributed by atoms with E-state index in [1.165, 1.54) is 22.7 Å². The summed E-state index contributed by atoms with van der Waals surface area (Å²) in [5.74, 6) is -2.23. The predicted octanol–water partition coefficient (Wildman–Crippen LogP) is 1.41. The van der Waals surface area contributed by atoms with Crippen molar-refractivity contribution in [2.75, 3.05) is 0 Å². The van der Waals surface area contributed by atoms with Crippen LogP contribution in [0.15, 0.2) is 17.5 Å². The van der Waals surface area contributed by atoms with Gasteiger partial charge in [-0.25, -0.2) is 4.79 Å². The van der Waals surface area contributed by atoms with E-state index in [2.05, 4.69) is 5.32 Å². The van der Waals surface area contributed by atoms with Crippen LogP contribution in [-0.2, 0) is 9.59 Å². The smallest absolute Gasteiger partial charge is 0.326 e. The zero-order valence-corrected chi connectivity index (χ0v) is 11.9. The number of nitrogens with two attached hydrogens (primary N) is 1. The molecule has 20 heavy (non-hydrogen) atoms. The van der Waals surface area contributed by atoms with E-state index in [4.69, 9.17) is 10.8 Å². The van der Waals surface area contributed by atoms with Gasteiger partial charge in [-0.1, -0.05) is 0 Å². The van der Waals surface area contributed by atoms with Crippen LogP contribution in [0, 0.1) is 0 Å². The highest BCUT2D eigenvalue weighted by molar-refractivity contribution is 7.27. The number of thiophene rings is 2. The first-order valence-corrected chi connectivity index (χ1v) is 7.46. The van der Waals surface area contributed by atoms with Crippen molar-refractivity contribution in [2.45, 2.75) is 18.9 Å². The van der Waals surface area contributed by atoms with Gasteiger partial charge in [-0.15, -0.1) is 22.7 Å². The lowest BCUT2D eigenvalue weighted by molar-refractivity contribution is -0.139. The number of carboxylic acid groups (broad SMARTS) is 1. The van der Waals surface area contributed by atoms with Crippen LogP contribution in [0.4, 0.5) is 0 Å². The maximum absolute atomic E-state index is 12.0. The monoisotopic (exact) mass is 312 g/mol. The van der Waals surface area contributed by atoms with Gasteiger partial charge < -0.3 is 16.2 Å². The van der Waals surface area contributed by atoms with Crippen molar-refractivity contribution < 1.29 is 19.5 Å². The second-order valence-electron chi connectivity index (χ2n) is 4.13. The molecule has 0 aliphatic heterocycles. The quantitative estimate of drug-likeness (QED) is 0.749. The fourth-order valence-electron chi connectivity index (χ4n) is 1.65. The highest BCUT2D eigenvalue weighted by Crippen LogP contribution is 2.29. The van der Waals surface area contributed by atoms with Gasteiger partial charge in [0.25, 0.3) is 5.91 Å². The lowest BCUT2D eigenvalue weighted by Crippen LogP contribution is -2.41. The molecule has 2 rings (SSSR count). The third kappa shape index (κ3) is 3.34. The SMILES string of the molecule is NC(=O)CCC(NC(=O)c1cc2sccc2s1)C(=O)O. The molecule has 1 atom stereocenters. The van der Waals surface area contributed by atoms with Gasteiger partial charge in [0, 0.05) is 15.8 Å². The Morgan fingerprint density at radius 2 is 2.10 bits per heavy atom. The van der Waals surface area contributed by atoms with Crippen LogP contribution < -0.4 is 11.1 Å². The minimum Gasteiger partial charge on any atom is -0.480 e. The molecule has 2 heterocycles. The van der Waals surface area contributed by atoms with E-state index >= 15 is 0 Å². The number of hydrogen-bond acceptors (Lipinski definition) is 5. The minimum absolute atomic E-state index is 0.0177. The van der Waals surface area contributed by atoms with Gasteiger partial charge in [-0.2, -0.15) is 0 Å². The van der Waals surface area contributed by atoms with Crippen LogP contribution in [-0.4, -0.2) is 28.9 Å². The third-order valence-electron chi connectivity index (χ3n) is 2.65. The molecule has 0 saturated carbocycles. The molecule has 106 valence electrons. The largest absolute Gasteiger partial charge is 0.480 e. The van der Waals surface area contributed by atoms with Crippen LogP contribution in [0.3, 0.4) is 0 Å². The first-order chi connectivity index (χ1) is 9.47. The molecule has 0 aliphatic rings. The van der Waals surface area contributed by atoms with E-state index in [0.717, 1.165) is 9.40 Å². The van der Waals surface area contributed by atoms with Crippen molar-refractivity contribution in [1.82, 2.24) is 5.32 Å². The Morgan fingerprint density at radius 1 is 1.35 bits per heavy atom. The number of carbonyl (C=O) groups excluding carboxylic acids is 2. The number of carboxylic acids is 1. The van der Waals surface area contributed by atoms with Gasteiger partial charge in [0.15, 0.2) is 0 Å². The molecule has 2 amide bonds. The third-order valence-corrected chi connectivity index (χ3v) is 4.74. The molecular formula is C12H12N2O4S2. The summed E-state index contributed by atoms with van der Waals surface area (Å²) in [5, 5.41) is 13.4. The van der Waals surface area contributed by atoms with Crippen molar-refractivity contribution in [3.05, 3.63) is 22.4 Å². The lowest BCUT2D eigenvalue weighted by Gasteiger charge is -2.12. The van der Waals surface area contributed by atoms with Gasteiger partial charge in [0.1, 0.15) is 6.04 Å². The van der Waals surface area contributed by atoms with Gasteiger partial charge >= 0.3 is 5.97 Å². The first kappa shape index (κ1) is 14.5. The average molecular weight is 312 g/mol. The molecule has 0 aliphatic carbocycles. The van der Waals surface area contributed by atoms with E-state index < -0.39 is 23.8 Å². The minimum atomic E-state index is -1.18. The molecule has 0 radical (unpaired) electrons. The summed E-state index contributed by atoms with van der Waals surface area (Å²) in [6.07, 6.45) is -0.104. The van der Waals surface area contributed by atoms with Crippen LogP contribution in [0.25, 0.3) is 9.40 Å². The number of carbonyl (C=O) groups is 3. The number of amides is 2. The summed E-state index contributed by atoms with van der Waals surface area (Å²) in [7, 11) is 0. The summed E-state index contributed by atoms with van der Waals surface area (Å²) in [6.45, 7) is 0. The van der Waals surface area contributed by atoms with Crippen LogP contribution in [0.2, 0.25) is 0 Å². The molecule has 0 spiro atoms. The number of aliphatic carboxylic acids is 1. The highest BCUT2D eigenvalue weighted by Gasteiger charge is 2.22. The van der Waals surface area contributed by atoms with E-state index in [0.29, 0.717) is 4.88 Å². The molecule has 0 saturated heterocycles. The fraction of sp³-hybridized carbons (Fsp3) is 0.250. The maximum Gasteiger partial charge on any atom is 0.326 e. The van der Waals surface area contributed by atoms with Gasteiger partial charge in [0.2, 0.25) is 5.91 Å². The van der Waals surface area contributed by atoms with Crippen molar-refractivity contribution in [1.29, 1.82) is 0 Å². The average Bonchev–Trinajstić information content (AvgIpc) is 2.93. The van der Waals surface area contributed by atoms with E-state index in [1.54, 1.807) is 6.07 Å². The Bertz CT molecular complexity index is 633. The summed E-state index contributed by atoms with van der Waals surface area (Å²) in [6, 6.07) is 2.52. The summed E-state index contributed by atoms with van der Waals surface area (Å²) in [5.41, 5.74) is 4.98. The van der Waals surface area contributed by atoms with Gasteiger partial charge in [-0.3, -0.25) is 9.59 Å². The summed E-state index contributed by atoms with van der Waals surface area (Å²) in [4.78, 5) is 34.2. The van der Waals surface area contributed by atoms with Crippen molar-refractivity contribution in [3.63, 3.8) is 0 Å². The van der Waals surface area contributed by atoms with E-state index in [1.807, 2.05) is 11.4 Å². The standard InChI is InChI=1S/C12H12N2O4S2/c13-10(15)2-1-6(12(17)18)14-11(16)9-5-8-7(20-9)3-4-19-8/h3-6H,1-2H2,(H2,13,15)(H,14,16)(H,17,18). The second-order valence-corrected chi connectivity index (χ2v) is 6.16. The fourth-order valence-corrected chi connectivity index (χ4v) is 3.66. The van der Waals surface area contributed by atoms with Crippen LogP contribution >= 0.6 is 22.7 Å². The number of fused-ring (bicyclic) bond motifs is 1. The van der Waals surface area contributed by atoms with E-state index in [9.17, 15) is 14.4 Å². The molecule has 8 heteroatoms. The van der Waals surface area contributed by atoms with E-state index in [-0.39, 0.29) is 12.8 Å². The normalized spacial score (nSPS) is 12.2. The summed E-state index contributed by atoms with van der Waals surface area (Å²) >= 11 is 2.82. The molecule has 0 bridgehead atoms. The molecule has 2 aromatic rings. The Kier molecular flexibility index (Phi) is 4.35. The van der Waals surface area contributed by atoms with Crippen LogP contribution in [0.1, 0.15) is 22.5 Å². The number of primary amides is 1. The van der Waals surface area contributed by atoms with Crippen molar-refractivity contribution in [2.24, 2.45) is 5.73 Å². The Hall–Kier alpha value is -1.93. The van der Waals surface area contributed by atoms with Gasteiger partial charge in [-0.05, 0) is 23.9 Å². The maximum atomic E-state index is 12.0. The number of nitrogens with one attached hydrogen (secondary N) is 1. The molecule has 0 aromatic carbocycles. The zero-order chi connectivity index (χ0) is 14.7. The summed E-state index contributed by atoms with van der Waals surface area (Å²) < 4.78 is 1.98. The predicted molar refractivity (Wildman–Crippen MR) is 77.0 cm³/mol. The molecule has 2 aromatic heterocycles. The Balaban J connectivity index is 2.05. The van der Waals surface area contributed by atoms with Gasteiger partial charge in [0.05, 0.1) is 4.88 Å². The topological polar surface area (TPSA) is 109 Å². The molecule has 4 N–H and O–H groups in total. The molecule has 1 unspecified atom stereocenters.